The van der Waals surface area contributed by atoms with Gasteiger partial charge in [-0.3, -0.25) is 20.0 Å². The Morgan fingerprint density at radius 3 is 2.53 bits per heavy atom. The number of Topliss-reactive ketones (excluding diaryl/α,β-unsaturated/α-hetero) is 1. The first-order valence-electron chi connectivity index (χ1n) is 14.2. The largest absolute Gasteiger partial charge is 0.481 e. The summed E-state index contributed by atoms with van der Waals surface area (Å²) in [5.74, 6) is 1.32. The fourth-order valence-corrected chi connectivity index (χ4v) is 9.64. The number of carbonyl (C=O) groups excluding carboxylic acids is 1. The van der Waals surface area contributed by atoms with Gasteiger partial charge in [0, 0.05) is 12.3 Å². The van der Waals surface area contributed by atoms with E-state index in [-0.39, 0.29) is 46.8 Å². The first-order chi connectivity index (χ1) is 17.0. The van der Waals surface area contributed by atoms with Crippen LogP contribution in [0, 0.1) is 46.3 Å². The number of allylic oxidation sites excluding steroid dienone is 1. The Morgan fingerprint density at radius 2 is 1.86 bits per heavy atom. The average molecular weight is 506 g/mol. The van der Waals surface area contributed by atoms with Gasteiger partial charge in [-0.1, -0.05) is 43.6 Å². The van der Waals surface area contributed by atoms with Crippen LogP contribution in [0.25, 0.3) is 0 Å². The smallest absolute Gasteiger partial charge is 0.303 e. The minimum Gasteiger partial charge on any atom is -0.481 e. The zero-order chi connectivity index (χ0) is 26.3. The molecule has 9 atom stereocenters. The molecule has 4 rings (SSSR count). The SMILES string of the molecule is CC(=O)C1CCC2C3CC=C4CC(O)CC(C(CCCCCN(O)O)CC(=O)O)C4(C)C3CCC12C. The molecule has 36 heavy (non-hydrogen) atoms. The number of unbranched alkanes of at least 4 members (excludes halogenated alkanes) is 2. The summed E-state index contributed by atoms with van der Waals surface area (Å²) in [6.45, 7) is 6.67. The zero-order valence-corrected chi connectivity index (χ0v) is 22.4. The molecule has 0 amide bonds. The molecular formula is C29H47NO6. The van der Waals surface area contributed by atoms with E-state index in [1.807, 2.05) is 0 Å². The third kappa shape index (κ3) is 5.05. The van der Waals surface area contributed by atoms with Gasteiger partial charge in [0.15, 0.2) is 0 Å². The molecule has 4 aliphatic rings. The van der Waals surface area contributed by atoms with Gasteiger partial charge in [0.25, 0.3) is 0 Å². The van der Waals surface area contributed by atoms with E-state index in [1.165, 1.54) is 5.57 Å². The van der Waals surface area contributed by atoms with Crippen molar-refractivity contribution in [2.45, 2.75) is 104 Å². The molecule has 9 unspecified atom stereocenters. The van der Waals surface area contributed by atoms with Crippen molar-refractivity contribution in [2.75, 3.05) is 6.54 Å². The summed E-state index contributed by atoms with van der Waals surface area (Å²) < 4.78 is 0. The van der Waals surface area contributed by atoms with Crippen molar-refractivity contribution >= 4 is 11.8 Å². The number of ketones is 1. The van der Waals surface area contributed by atoms with Crippen LogP contribution in [-0.2, 0) is 9.59 Å². The lowest BCUT2D eigenvalue weighted by molar-refractivity contribution is -0.306. The van der Waals surface area contributed by atoms with Gasteiger partial charge in [-0.05, 0) is 105 Å². The molecule has 4 N–H and O–H groups in total. The number of aliphatic hydroxyl groups excluding tert-OH is 1. The molecule has 0 aliphatic heterocycles. The number of aliphatic carboxylic acids is 1. The van der Waals surface area contributed by atoms with Crippen molar-refractivity contribution in [3.63, 3.8) is 0 Å². The van der Waals surface area contributed by atoms with Crippen LogP contribution in [0.5, 0.6) is 0 Å². The normalized spacial score (nSPS) is 40.7. The van der Waals surface area contributed by atoms with E-state index in [0.29, 0.717) is 42.8 Å². The second-order valence-electron chi connectivity index (χ2n) is 12.9. The Labute approximate surface area is 215 Å². The topological polar surface area (TPSA) is 118 Å². The van der Waals surface area contributed by atoms with E-state index in [0.717, 1.165) is 51.4 Å². The van der Waals surface area contributed by atoms with Gasteiger partial charge in [-0.25, -0.2) is 0 Å². The first-order valence-corrected chi connectivity index (χ1v) is 14.2. The molecule has 7 heteroatoms. The average Bonchev–Trinajstić information content (AvgIpc) is 3.15. The van der Waals surface area contributed by atoms with Gasteiger partial charge >= 0.3 is 5.97 Å². The van der Waals surface area contributed by atoms with Crippen LogP contribution in [0.3, 0.4) is 0 Å². The highest BCUT2D eigenvalue weighted by Crippen LogP contribution is 2.68. The highest BCUT2D eigenvalue weighted by atomic mass is 16.8. The fourth-order valence-electron chi connectivity index (χ4n) is 9.64. The molecule has 204 valence electrons. The van der Waals surface area contributed by atoms with Crippen molar-refractivity contribution in [2.24, 2.45) is 46.3 Å². The van der Waals surface area contributed by atoms with E-state index in [4.69, 9.17) is 10.4 Å². The quantitative estimate of drug-likeness (QED) is 0.176. The molecule has 4 aliphatic carbocycles. The van der Waals surface area contributed by atoms with Gasteiger partial charge in [0.05, 0.1) is 12.6 Å². The van der Waals surface area contributed by atoms with Gasteiger partial charge in [0.1, 0.15) is 5.78 Å². The standard InChI is InChI=1S/C29H47NO6/c1-18(31)23-10-11-24-22-9-8-20-16-21(32)17-26(29(20,3)25(22)12-13-28(23,24)2)19(15-27(33)34)7-5-4-6-14-30(35)36/h8,19,21-26,32,35-36H,4-7,9-17H2,1-3H3,(H,33,34). The molecule has 0 aromatic rings. The summed E-state index contributed by atoms with van der Waals surface area (Å²) in [5, 5.41) is 38.9. The minimum atomic E-state index is -0.783. The lowest BCUT2D eigenvalue weighted by Crippen LogP contribution is -2.55. The Hall–Kier alpha value is -1.28. The van der Waals surface area contributed by atoms with Crippen molar-refractivity contribution in [3.8, 4) is 0 Å². The molecule has 0 heterocycles. The third-order valence-corrected chi connectivity index (χ3v) is 11.2. The van der Waals surface area contributed by atoms with E-state index in [9.17, 15) is 19.8 Å². The van der Waals surface area contributed by atoms with Gasteiger partial charge in [-0.15, -0.1) is 0 Å². The number of aliphatic hydroxyl groups is 1. The molecule has 0 aromatic carbocycles. The van der Waals surface area contributed by atoms with Crippen LogP contribution in [0.4, 0.5) is 0 Å². The third-order valence-electron chi connectivity index (χ3n) is 11.2. The maximum Gasteiger partial charge on any atom is 0.303 e. The fraction of sp³-hybridized carbons (Fsp3) is 0.862. The molecule has 0 saturated heterocycles. The highest BCUT2D eigenvalue weighted by molar-refractivity contribution is 5.79. The summed E-state index contributed by atoms with van der Waals surface area (Å²) in [4.78, 5) is 24.5. The molecule has 0 aromatic heterocycles. The minimum absolute atomic E-state index is 0.0224. The highest BCUT2D eigenvalue weighted by Gasteiger charge is 2.61. The summed E-state index contributed by atoms with van der Waals surface area (Å²) in [7, 11) is 0. The molecule has 3 saturated carbocycles. The first kappa shape index (κ1) is 27.7. The number of carbonyl (C=O) groups is 2. The van der Waals surface area contributed by atoms with Crippen LogP contribution in [0.15, 0.2) is 11.6 Å². The second kappa shape index (κ2) is 10.8. The van der Waals surface area contributed by atoms with Crippen LogP contribution in [0.1, 0.15) is 97.8 Å². The molecule has 7 nitrogen and oxygen atoms in total. The molecule has 3 fully saturated rings. The summed E-state index contributed by atoms with van der Waals surface area (Å²) in [6, 6.07) is 0. The number of hydrogen-bond acceptors (Lipinski definition) is 6. The van der Waals surface area contributed by atoms with E-state index in [1.54, 1.807) is 6.92 Å². The van der Waals surface area contributed by atoms with Crippen LogP contribution >= 0.6 is 0 Å². The Morgan fingerprint density at radius 1 is 1.11 bits per heavy atom. The van der Waals surface area contributed by atoms with Gasteiger partial charge in [0.2, 0.25) is 0 Å². The molecule has 0 radical (unpaired) electrons. The van der Waals surface area contributed by atoms with Crippen molar-refractivity contribution in [3.05, 3.63) is 11.6 Å². The maximum absolute atomic E-state index is 12.5. The monoisotopic (exact) mass is 505 g/mol. The van der Waals surface area contributed by atoms with Crippen molar-refractivity contribution in [1.29, 1.82) is 0 Å². The Bertz CT molecular complexity index is 857. The van der Waals surface area contributed by atoms with E-state index < -0.39 is 12.1 Å². The van der Waals surface area contributed by atoms with Gasteiger partial charge < -0.3 is 10.2 Å². The number of fused-ring (bicyclic) bond motifs is 5. The van der Waals surface area contributed by atoms with Gasteiger partial charge in [-0.2, -0.15) is 0 Å². The summed E-state index contributed by atoms with van der Waals surface area (Å²) in [5.41, 5.74) is 1.29. The Balaban J connectivity index is 1.60. The number of carboxylic acids is 1. The number of hydroxylamine groups is 2. The van der Waals surface area contributed by atoms with Crippen molar-refractivity contribution < 1.29 is 30.2 Å². The number of carboxylic acid groups (broad SMARTS) is 1. The summed E-state index contributed by atoms with van der Waals surface area (Å²) >= 11 is 0. The van der Waals surface area contributed by atoms with Crippen LogP contribution in [-0.4, -0.2) is 50.3 Å². The van der Waals surface area contributed by atoms with Crippen LogP contribution < -0.4 is 0 Å². The van der Waals surface area contributed by atoms with E-state index in [2.05, 4.69) is 19.9 Å². The number of hydrogen-bond donors (Lipinski definition) is 4. The molecule has 0 spiro atoms. The second-order valence-corrected chi connectivity index (χ2v) is 12.9. The lowest BCUT2D eigenvalue weighted by Gasteiger charge is -2.61. The summed E-state index contributed by atoms with van der Waals surface area (Å²) in [6.07, 6.45) is 11.7. The number of nitrogens with zero attached hydrogens (tertiary/aromatic N) is 1. The Kier molecular flexibility index (Phi) is 8.35. The zero-order valence-electron chi connectivity index (χ0n) is 22.4. The van der Waals surface area contributed by atoms with Crippen molar-refractivity contribution in [1.82, 2.24) is 5.23 Å². The molecular weight excluding hydrogens is 458 g/mol. The predicted molar refractivity (Wildman–Crippen MR) is 135 cm³/mol. The number of rotatable bonds is 10. The molecule has 0 bridgehead atoms. The van der Waals surface area contributed by atoms with E-state index >= 15 is 0 Å². The lowest BCUT2D eigenvalue weighted by atomic mass is 9.43. The predicted octanol–water partition coefficient (Wildman–Crippen LogP) is 5.47. The van der Waals surface area contributed by atoms with Crippen LogP contribution in [0.2, 0.25) is 0 Å². The maximum atomic E-state index is 12.5.